The number of aliphatic hydroxyl groups is 1. The van der Waals surface area contributed by atoms with Crippen LogP contribution in [0.4, 0.5) is 0 Å². The molecule has 1 aliphatic heterocycles. The van der Waals surface area contributed by atoms with Gasteiger partial charge in [-0.3, -0.25) is 4.79 Å². The molecule has 2 N–H and O–H groups in total. The van der Waals surface area contributed by atoms with Gasteiger partial charge in [-0.05, 0) is 43.6 Å². The minimum absolute atomic E-state index is 0.0770. The van der Waals surface area contributed by atoms with Gasteiger partial charge in [-0.15, -0.1) is 0 Å². The van der Waals surface area contributed by atoms with Crippen molar-refractivity contribution in [2.24, 2.45) is 13.0 Å². The molecule has 1 aromatic carbocycles. The van der Waals surface area contributed by atoms with E-state index in [0.29, 0.717) is 19.4 Å². The van der Waals surface area contributed by atoms with E-state index in [0.717, 1.165) is 31.2 Å². The molecule has 10 heteroatoms. The number of benzene rings is 1. The van der Waals surface area contributed by atoms with Crippen LogP contribution in [0.1, 0.15) is 37.7 Å². The van der Waals surface area contributed by atoms with E-state index in [1.165, 1.54) is 16.8 Å². The van der Waals surface area contributed by atoms with Crippen LogP contribution in [0.3, 0.4) is 0 Å². The van der Waals surface area contributed by atoms with Crippen LogP contribution in [0, 0.1) is 5.92 Å². The summed E-state index contributed by atoms with van der Waals surface area (Å²) in [7, 11) is -2.27. The maximum absolute atomic E-state index is 13.5. The highest BCUT2D eigenvalue weighted by Crippen LogP contribution is 2.22. The van der Waals surface area contributed by atoms with Gasteiger partial charge in [0, 0.05) is 39.4 Å². The molecule has 9 nitrogen and oxygen atoms in total. The topological polar surface area (TPSA) is 114 Å². The van der Waals surface area contributed by atoms with Gasteiger partial charge in [0.1, 0.15) is 0 Å². The Labute approximate surface area is 213 Å². The number of rotatable bonds is 12. The third-order valence-corrected chi connectivity index (χ3v) is 8.49. The van der Waals surface area contributed by atoms with Gasteiger partial charge in [-0.1, -0.05) is 42.5 Å². The molecule has 1 aromatic heterocycles. The van der Waals surface area contributed by atoms with Gasteiger partial charge in [0.2, 0.25) is 5.91 Å². The van der Waals surface area contributed by atoms with Crippen molar-refractivity contribution in [3.63, 3.8) is 0 Å². The molecule has 0 bridgehead atoms. The molecule has 0 spiro atoms. The summed E-state index contributed by atoms with van der Waals surface area (Å²) in [4.78, 5) is 16.9. The third-order valence-electron chi connectivity index (χ3n) is 6.78. The Bertz CT molecular complexity index is 1130. The summed E-state index contributed by atoms with van der Waals surface area (Å²) in [5.74, 6) is 0.0462. The van der Waals surface area contributed by atoms with Gasteiger partial charge in [0.25, 0.3) is 10.0 Å². The first-order chi connectivity index (χ1) is 17.3. The predicted molar refractivity (Wildman–Crippen MR) is 136 cm³/mol. The number of sulfonamides is 1. The number of nitrogens with one attached hydrogen (secondary N) is 1. The molecular weight excluding hydrogens is 480 g/mol. The molecule has 0 radical (unpaired) electrons. The molecule has 1 aliphatic carbocycles. The van der Waals surface area contributed by atoms with Gasteiger partial charge < -0.3 is 19.7 Å². The highest BCUT2D eigenvalue weighted by molar-refractivity contribution is 7.89. The van der Waals surface area contributed by atoms with E-state index in [-0.39, 0.29) is 36.0 Å². The monoisotopic (exact) mass is 516 g/mol. The molecule has 1 fully saturated rings. The van der Waals surface area contributed by atoms with Crippen LogP contribution in [0.2, 0.25) is 0 Å². The summed E-state index contributed by atoms with van der Waals surface area (Å²) in [5, 5.41) is 14.3. The lowest BCUT2D eigenvalue weighted by atomic mass is 9.99. The second-order valence-electron chi connectivity index (χ2n) is 9.74. The van der Waals surface area contributed by atoms with Crippen LogP contribution in [-0.4, -0.2) is 71.2 Å². The quantitative estimate of drug-likeness (QED) is 0.418. The van der Waals surface area contributed by atoms with E-state index in [4.69, 9.17) is 4.74 Å². The number of hydrogen-bond donors (Lipinski definition) is 2. The first-order valence-electron chi connectivity index (χ1n) is 12.6. The van der Waals surface area contributed by atoms with Gasteiger partial charge in [0.05, 0.1) is 24.6 Å². The van der Waals surface area contributed by atoms with Crippen LogP contribution in [-0.2, 0) is 33.0 Å². The molecule has 1 saturated heterocycles. The highest BCUT2D eigenvalue weighted by Gasteiger charge is 2.34. The average molecular weight is 517 g/mol. The number of imidazole rings is 1. The zero-order valence-electron chi connectivity index (χ0n) is 20.7. The SMILES string of the molecule is Cn1cnc(S(=O)(=O)N(CC2CCCO2)C[C@@H](O)[C@H](Cc2ccccc2)NC(=O)CC2C=CCC2)c1. The van der Waals surface area contributed by atoms with Gasteiger partial charge in [-0.25, -0.2) is 13.4 Å². The maximum Gasteiger partial charge on any atom is 0.262 e. The summed E-state index contributed by atoms with van der Waals surface area (Å²) in [5.41, 5.74) is 0.945. The number of aliphatic hydroxyl groups excluding tert-OH is 1. The van der Waals surface area contributed by atoms with Crippen molar-refractivity contribution in [1.82, 2.24) is 19.2 Å². The Kier molecular flexibility index (Phi) is 8.95. The fraction of sp³-hybridized carbons (Fsp3) is 0.538. The molecule has 2 aliphatic rings. The lowest BCUT2D eigenvalue weighted by Gasteiger charge is -2.30. The lowest BCUT2D eigenvalue weighted by molar-refractivity contribution is -0.123. The maximum atomic E-state index is 13.5. The van der Waals surface area contributed by atoms with Crippen molar-refractivity contribution in [1.29, 1.82) is 0 Å². The van der Waals surface area contributed by atoms with Crippen molar-refractivity contribution >= 4 is 15.9 Å². The fourth-order valence-corrected chi connectivity index (χ4v) is 6.25. The van der Waals surface area contributed by atoms with E-state index >= 15 is 0 Å². The molecule has 196 valence electrons. The third kappa shape index (κ3) is 7.03. The molecule has 36 heavy (non-hydrogen) atoms. The number of hydrogen-bond acceptors (Lipinski definition) is 6. The van der Waals surface area contributed by atoms with Crippen LogP contribution in [0.5, 0.6) is 0 Å². The second kappa shape index (κ2) is 12.1. The van der Waals surface area contributed by atoms with Crippen LogP contribution in [0.15, 0.2) is 60.0 Å². The smallest absolute Gasteiger partial charge is 0.262 e. The Hall–Kier alpha value is -2.53. The minimum Gasteiger partial charge on any atom is -0.390 e. The van der Waals surface area contributed by atoms with Crippen molar-refractivity contribution < 1.29 is 23.1 Å². The Morgan fingerprint density at radius 2 is 2.11 bits per heavy atom. The summed E-state index contributed by atoms with van der Waals surface area (Å²) >= 11 is 0. The van der Waals surface area contributed by atoms with Crippen molar-refractivity contribution in [3.8, 4) is 0 Å². The predicted octanol–water partition coefficient (Wildman–Crippen LogP) is 2.03. The van der Waals surface area contributed by atoms with Gasteiger partial charge in [0.15, 0.2) is 5.03 Å². The molecule has 4 rings (SSSR count). The van der Waals surface area contributed by atoms with Crippen LogP contribution >= 0.6 is 0 Å². The lowest BCUT2D eigenvalue weighted by Crippen LogP contribution is -2.51. The average Bonchev–Trinajstić information content (AvgIpc) is 3.63. The van der Waals surface area contributed by atoms with Crippen molar-refractivity contribution in [3.05, 3.63) is 60.6 Å². The number of ether oxygens (including phenoxy) is 1. The molecule has 0 saturated carbocycles. The molecule has 2 unspecified atom stereocenters. The summed E-state index contributed by atoms with van der Waals surface area (Å²) in [6.45, 7) is 0.529. The van der Waals surface area contributed by atoms with Gasteiger partial charge >= 0.3 is 0 Å². The first kappa shape index (κ1) is 26.5. The minimum atomic E-state index is -3.98. The fourth-order valence-electron chi connectivity index (χ4n) is 4.80. The number of carbonyl (C=O) groups is 1. The van der Waals surface area contributed by atoms with Gasteiger partial charge in [-0.2, -0.15) is 4.31 Å². The molecule has 4 atom stereocenters. The summed E-state index contributed by atoms with van der Waals surface area (Å²) in [6.07, 6.45) is 9.91. The number of carbonyl (C=O) groups excluding carboxylic acids is 1. The van der Waals surface area contributed by atoms with E-state index in [2.05, 4.69) is 22.5 Å². The first-order valence-corrected chi connectivity index (χ1v) is 14.0. The summed E-state index contributed by atoms with van der Waals surface area (Å²) in [6, 6.07) is 8.91. The Morgan fingerprint density at radius 3 is 2.75 bits per heavy atom. The number of aryl methyl sites for hydroxylation is 1. The van der Waals surface area contributed by atoms with E-state index in [1.54, 1.807) is 11.6 Å². The largest absolute Gasteiger partial charge is 0.390 e. The Morgan fingerprint density at radius 1 is 1.31 bits per heavy atom. The number of nitrogens with zero attached hydrogens (tertiary/aromatic N) is 3. The number of amides is 1. The van der Waals surface area contributed by atoms with Crippen LogP contribution < -0.4 is 5.32 Å². The molecule has 2 heterocycles. The molecule has 2 aromatic rings. The van der Waals surface area contributed by atoms with Crippen molar-refractivity contribution in [2.75, 3.05) is 19.7 Å². The Balaban J connectivity index is 1.53. The number of allylic oxidation sites excluding steroid dienone is 2. The number of aromatic nitrogens is 2. The molecular formula is C26H36N4O5S. The standard InChI is InChI=1S/C26H36N4O5S/c1-29-18-26(27-19-29)36(33,34)30(16-22-12-7-13-35-22)17-24(31)23(14-20-8-3-2-4-9-20)28-25(32)15-21-10-5-6-11-21/h2-5,8-10,18-19,21-24,31H,6-7,11-17H2,1H3,(H,28,32)/t21?,22?,23-,24+/m0/s1. The normalized spacial score (nSPS) is 21.6. The second-order valence-corrected chi connectivity index (χ2v) is 11.6. The van der Waals surface area contributed by atoms with E-state index < -0.39 is 22.2 Å². The van der Waals surface area contributed by atoms with Crippen molar-refractivity contribution in [2.45, 2.75) is 61.8 Å². The summed E-state index contributed by atoms with van der Waals surface area (Å²) < 4.78 is 35.5. The zero-order chi connectivity index (χ0) is 25.5. The zero-order valence-corrected chi connectivity index (χ0v) is 21.5. The van der Waals surface area contributed by atoms with E-state index in [9.17, 15) is 18.3 Å². The van der Waals surface area contributed by atoms with Crippen LogP contribution in [0.25, 0.3) is 0 Å². The highest BCUT2D eigenvalue weighted by atomic mass is 32.2. The van der Waals surface area contributed by atoms with E-state index in [1.807, 2.05) is 30.3 Å². The molecule has 1 amide bonds.